The third kappa shape index (κ3) is 3.94. The van der Waals surface area contributed by atoms with Gasteiger partial charge in [-0.05, 0) is 37.1 Å². The van der Waals surface area contributed by atoms with E-state index < -0.39 is 0 Å². The molecule has 0 amide bonds. The molecule has 1 saturated carbocycles. The molecule has 7 rings (SSSR count). The van der Waals surface area contributed by atoms with Gasteiger partial charge in [-0.25, -0.2) is 15.0 Å². The van der Waals surface area contributed by atoms with Gasteiger partial charge >= 0.3 is 0 Å². The van der Waals surface area contributed by atoms with Gasteiger partial charge < -0.3 is 19.4 Å². The lowest BCUT2D eigenvalue weighted by atomic mass is 9.95. The lowest BCUT2D eigenvalue weighted by molar-refractivity contribution is 0.358. The number of para-hydroxylation sites is 4. The van der Waals surface area contributed by atoms with Gasteiger partial charge in [0.05, 0.1) is 34.9 Å². The Morgan fingerprint density at radius 2 is 1.73 bits per heavy atom. The predicted molar refractivity (Wildman–Crippen MR) is 145 cm³/mol. The fourth-order valence-electron chi connectivity index (χ4n) is 5.34. The van der Waals surface area contributed by atoms with Crippen LogP contribution in [0.4, 0.5) is 17.7 Å². The molecule has 2 aromatic carbocycles. The van der Waals surface area contributed by atoms with Crippen LogP contribution in [0.15, 0.2) is 54.9 Å². The second kappa shape index (κ2) is 8.88. The number of anilines is 3. The van der Waals surface area contributed by atoms with E-state index in [0.717, 1.165) is 51.9 Å². The number of nitrogens with zero attached hydrogens (tertiary/aromatic N) is 7. The van der Waals surface area contributed by atoms with Gasteiger partial charge in [-0.2, -0.15) is 9.97 Å². The Bertz CT molecular complexity index is 1690. The molecule has 0 saturated heterocycles. The first kappa shape index (κ1) is 21.8. The van der Waals surface area contributed by atoms with E-state index in [1.807, 2.05) is 60.4 Å². The highest BCUT2D eigenvalue weighted by atomic mass is 15.3. The van der Waals surface area contributed by atoms with Crippen LogP contribution in [0.25, 0.3) is 33.2 Å². The van der Waals surface area contributed by atoms with E-state index in [4.69, 9.17) is 24.9 Å². The summed E-state index contributed by atoms with van der Waals surface area (Å²) in [6.07, 6.45) is 7.97. The summed E-state index contributed by atoms with van der Waals surface area (Å²) in [6.45, 7) is 0.489. The van der Waals surface area contributed by atoms with Crippen molar-refractivity contribution in [3.8, 4) is 0 Å². The number of aromatic amines is 1. The van der Waals surface area contributed by atoms with Crippen LogP contribution in [-0.4, -0.2) is 39.0 Å². The SMILES string of the molecule is Cn1c(Nc2nc(NCc3nc4ccccc4[nH]3)c3ncn(C4CCCCC4)c3n2)nc2ccccc21. The number of hydrogen-bond donors (Lipinski definition) is 3. The highest BCUT2D eigenvalue weighted by molar-refractivity contribution is 5.85. The zero-order chi connectivity index (χ0) is 24.8. The molecule has 1 aliphatic carbocycles. The second-order valence-electron chi connectivity index (χ2n) is 9.67. The summed E-state index contributed by atoms with van der Waals surface area (Å²) in [7, 11) is 1.99. The summed E-state index contributed by atoms with van der Waals surface area (Å²) < 4.78 is 4.24. The Morgan fingerprint density at radius 1 is 0.919 bits per heavy atom. The van der Waals surface area contributed by atoms with Crippen molar-refractivity contribution in [3.05, 3.63) is 60.7 Å². The largest absolute Gasteiger partial charge is 0.361 e. The fraction of sp³-hybridized carbons (Fsp3) is 0.296. The number of hydrogen-bond acceptors (Lipinski definition) is 7. The predicted octanol–water partition coefficient (Wildman–Crippen LogP) is 5.45. The zero-order valence-corrected chi connectivity index (χ0v) is 20.6. The third-order valence-electron chi connectivity index (χ3n) is 7.26. The van der Waals surface area contributed by atoms with Crippen LogP contribution < -0.4 is 10.6 Å². The van der Waals surface area contributed by atoms with Gasteiger partial charge in [-0.3, -0.25) is 5.32 Å². The second-order valence-corrected chi connectivity index (χ2v) is 9.67. The van der Waals surface area contributed by atoms with Crippen molar-refractivity contribution < 1.29 is 0 Å². The maximum absolute atomic E-state index is 4.93. The first-order valence-corrected chi connectivity index (χ1v) is 12.8. The van der Waals surface area contributed by atoms with E-state index >= 15 is 0 Å². The van der Waals surface area contributed by atoms with Crippen molar-refractivity contribution in [2.24, 2.45) is 7.05 Å². The number of H-pyrrole nitrogens is 1. The lowest BCUT2D eigenvalue weighted by Crippen LogP contribution is -2.13. The number of nitrogens with one attached hydrogen (secondary N) is 3. The van der Waals surface area contributed by atoms with Crippen LogP contribution in [0.5, 0.6) is 0 Å². The molecule has 0 radical (unpaired) electrons. The summed E-state index contributed by atoms with van der Waals surface area (Å²) in [4.78, 5) is 27.3. The summed E-state index contributed by atoms with van der Waals surface area (Å²) in [5.41, 5.74) is 5.51. The normalized spacial score (nSPS) is 14.6. The fourth-order valence-corrected chi connectivity index (χ4v) is 5.34. The van der Waals surface area contributed by atoms with Gasteiger partial charge in [0.15, 0.2) is 17.0 Å². The molecule has 1 aliphatic rings. The smallest absolute Gasteiger partial charge is 0.233 e. The van der Waals surface area contributed by atoms with Crippen molar-refractivity contribution >= 4 is 50.9 Å². The van der Waals surface area contributed by atoms with E-state index in [1.54, 1.807) is 0 Å². The molecule has 10 nitrogen and oxygen atoms in total. The Hall–Kier alpha value is -4.47. The van der Waals surface area contributed by atoms with E-state index in [0.29, 0.717) is 30.3 Å². The van der Waals surface area contributed by atoms with Gasteiger partial charge in [0.2, 0.25) is 11.9 Å². The highest BCUT2D eigenvalue weighted by Gasteiger charge is 2.21. The first-order chi connectivity index (χ1) is 18.2. The standard InChI is InChI=1S/C27H28N10/c1-36-21-14-8-7-13-20(21)32-27(36)35-26-33-24(28-15-22-30-18-11-5-6-12-19(18)31-22)23-25(34-26)37(16-29-23)17-9-3-2-4-10-17/h5-8,11-14,16-17H,2-4,9-10,15H2,1H3,(H,30,31)(H2,28,32,33,34,35). The zero-order valence-electron chi connectivity index (χ0n) is 20.6. The van der Waals surface area contributed by atoms with Crippen molar-refractivity contribution in [2.45, 2.75) is 44.7 Å². The molecule has 4 aromatic heterocycles. The number of rotatable bonds is 6. The minimum atomic E-state index is 0.403. The monoisotopic (exact) mass is 492 g/mol. The molecule has 10 heteroatoms. The van der Waals surface area contributed by atoms with Gasteiger partial charge in [0.25, 0.3) is 0 Å². The number of fused-ring (bicyclic) bond motifs is 3. The molecule has 0 bridgehead atoms. The highest BCUT2D eigenvalue weighted by Crippen LogP contribution is 2.32. The topological polar surface area (TPSA) is 114 Å². The first-order valence-electron chi connectivity index (χ1n) is 12.8. The number of aryl methyl sites for hydroxylation is 1. The Morgan fingerprint density at radius 3 is 2.57 bits per heavy atom. The summed E-state index contributed by atoms with van der Waals surface area (Å²) in [5, 5.41) is 6.82. The number of aromatic nitrogens is 8. The van der Waals surface area contributed by atoms with Crippen molar-refractivity contribution in [1.29, 1.82) is 0 Å². The number of imidazole rings is 3. The maximum atomic E-state index is 4.93. The summed E-state index contributed by atoms with van der Waals surface area (Å²) in [5.74, 6) is 2.67. The molecule has 6 aromatic rings. The lowest BCUT2D eigenvalue weighted by Gasteiger charge is -2.23. The van der Waals surface area contributed by atoms with Crippen molar-refractivity contribution in [2.75, 3.05) is 10.6 Å². The average Bonchev–Trinajstić information content (AvgIpc) is 3.63. The maximum Gasteiger partial charge on any atom is 0.233 e. The van der Waals surface area contributed by atoms with Gasteiger partial charge in [0.1, 0.15) is 5.82 Å². The molecule has 186 valence electrons. The van der Waals surface area contributed by atoms with Gasteiger partial charge in [0, 0.05) is 13.1 Å². The van der Waals surface area contributed by atoms with Crippen LogP contribution >= 0.6 is 0 Å². The molecule has 3 N–H and O–H groups in total. The molecule has 0 spiro atoms. The minimum Gasteiger partial charge on any atom is -0.361 e. The summed E-state index contributed by atoms with van der Waals surface area (Å²) >= 11 is 0. The van der Waals surface area contributed by atoms with Crippen LogP contribution in [0.3, 0.4) is 0 Å². The van der Waals surface area contributed by atoms with Crippen molar-refractivity contribution in [1.82, 2.24) is 39.0 Å². The van der Waals surface area contributed by atoms with Crippen LogP contribution in [0.1, 0.15) is 44.0 Å². The molecule has 37 heavy (non-hydrogen) atoms. The molecular weight excluding hydrogens is 464 g/mol. The molecule has 4 heterocycles. The Balaban J connectivity index is 1.27. The van der Waals surface area contributed by atoms with Crippen molar-refractivity contribution in [3.63, 3.8) is 0 Å². The van der Waals surface area contributed by atoms with E-state index in [1.165, 1.54) is 19.3 Å². The average molecular weight is 493 g/mol. The van der Waals surface area contributed by atoms with Crippen LogP contribution in [-0.2, 0) is 13.6 Å². The quantitative estimate of drug-likeness (QED) is 0.283. The molecule has 0 atom stereocenters. The Labute approximate surface area is 213 Å². The van der Waals surface area contributed by atoms with E-state index in [2.05, 4.69) is 26.3 Å². The Kier molecular flexibility index (Phi) is 5.23. The third-order valence-corrected chi connectivity index (χ3v) is 7.26. The molecular formula is C27H28N10. The van der Waals surface area contributed by atoms with Crippen LogP contribution in [0, 0.1) is 0 Å². The van der Waals surface area contributed by atoms with E-state index in [-0.39, 0.29) is 0 Å². The minimum absolute atomic E-state index is 0.403. The van der Waals surface area contributed by atoms with Gasteiger partial charge in [-0.1, -0.05) is 43.5 Å². The summed E-state index contributed by atoms with van der Waals surface area (Å²) in [6, 6.07) is 16.5. The molecule has 0 unspecified atom stereocenters. The van der Waals surface area contributed by atoms with Gasteiger partial charge in [-0.15, -0.1) is 0 Å². The number of benzene rings is 2. The van der Waals surface area contributed by atoms with E-state index in [9.17, 15) is 0 Å². The molecule has 0 aliphatic heterocycles. The van der Waals surface area contributed by atoms with Crippen LogP contribution in [0.2, 0.25) is 0 Å². The molecule has 1 fully saturated rings.